The minimum absolute atomic E-state index is 0.0842. The van der Waals surface area contributed by atoms with E-state index in [0.717, 1.165) is 31.0 Å². The Balaban J connectivity index is 1.48. The molecule has 0 spiro atoms. The van der Waals surface area contributed by atoms with Crippen LogP contribution in [0.25, 0.3) is 0 Å². The van der Waals surface area contributed by atoms with Crippen LogP contribution in [0.5, 0.6) is 5.75 Å². The third-order valence-electron chi connectivity index (χ3n) is 4.96. The largest absolute Gasteiger partial charge is 0.494 e. The van der Waals surface area contributed by atoms with Gasteiger partial charge in [-0.2, -0.15) is 4.98 Å². The Kier molecular flexibility index (Phi) is 6.34. The third kappa shape index (κ3) is 5.12. The van der Waals surface area contributed by atoms with Gasteiger partial charge in [-0.1, -0.05) is 0 Å². The van der Waals surface area contributed by atoms with E-state index in [9.17, 15) is 4.79 Å². The molecule has 0 radical (unpaired) electrons. The van der Waals surface area contributed by atoms with Crippen LogP contribution in [0.4, 0.5) is 23.1 Å². The fourth-order valence-corrected chi connectivity index (χ4v) is 4.40. The first-order valence-corrected chi connectivity index (χ1v) is 10.9. The van der Waals surface area contributed by atoms with Crippen molar-refractivity contribution in [1.29, 1.82) is 0 Å². The van der Waals surface area contributed by atoms with E-state index in [0.29, 0.717) is 23.9 Å². The van der Waals surface area contributed by atoms with Crippen LogP contribution in [-0.4, -0.2) is 55.1 Å². The number of amides is 1. The van der Waals surface area contributed by atoms with Gasteiger partial charge in [-0.3, -0.25) is 4.79 Å². The Bertz CT molecular complexity index is 1070. The van der Waals surface area contributed by atoms with Gasteiger partial charge in [-0.15, -0.1) is 11.3 Å². The lowest BCUT2D eigenvalue weighted by atomic mass is 10.1. The molecule has 0 fully saturated rings. The molecular formula is C22H26N6O2S. The molecule has 9 heteroatoms. The Morgan fingerprint density at radius 1 is 1.29 bits per heavy atom. The highest BCUT2D eigenvalue weighted by Crippen LogP contribution is 2.31. The van der Waals surface area contributed by atoms with E-state index in [1.165, 1.54) is 10.4 Å². The smallest absolute Gasteiger partial charge is 0.238 e. The SMILES string of the molecule is COc1cc(NC(=O)CN(C)C)ccc1Nc1nccc(N2CCc3sccc3C2)n1. The molecule has 0 aliphatic carbocycles. The summed E-state index contributed by atoms with van der Waals surface area (Å²) in [5, 5.41) is 8.26. The summed E-state index contributed by atoms with van der Waals surface area (Å²) in [5.41, 5.74) is 2.77. The van der Waals surface area contributed by atoms with Crippen molar-refractivity contribution in [2.24, 2.45) is 0 Å². The van der Waals surface area contributed by atoms with E-state index in [1.54, 1.807) is 19.4 Å². The number of nitrogens with one attached hydrogen (secondary N) is 2. The predicted octanol–water partition coefficient (Wildman–Crippen LogP) is 3.35. The van der Waals surface area contributed by atoms with Gasteiger partial charge in [-0.05, 0) is 55.7 Å². The molecule has 1 aliphatic rings. The Labute approximate surface area is 185 Å². The fourth-order valence-electron chi connectivity index (χ4n) is 3.51. The highest BCUT2D eigenvalue weighted by atomic mass is 32.1. The van der Waals surface area contributed by atoms with Crippen molar-refractivity contribution in [1.82, 2.24) is 14.9 Å². The second-order valence-corrected chi connectivity index (χ2v) is 8.61. The summed E-state index contributed by atoms with van der Waals surface area (Å²) in [7, 11) is 5.30. The van der Waals surface area contributed by atoms with Crippen molar-refractivity contribution in [3.63, 3.8) is 0 Å². The number of hydrogen-bond donors (Lipinski definition) is 2. The van der Waals surface area contributed by atoms with Crippen LogP contribution in [0.3, 0.4) is 0 Å². The number of likely N-dealkylation sites (N-methyl/N-ethyl adjacent to an activating group) is 1. The summed E-state index contributed by atoms with van der Waals surface area (Å²) < 4.78 is 5.51. The lowest BCUT2D eigenvalue weighted by Gasteiger charge is -2.28. The second-order valence-electron chi connectivity index (χ2n) is 7.61. The number of anilines is 4. The molecule has 0 bridgehead atoms. The maximum absolute atomic E-state index is 12.0. The molecule has 8 nitrogen and oxygen atoms in total. The van der Waals surface area contributed by atoms with Gasteiger partial charge >= 0.3 is 0 Å². The van der Waals surface area contributed by atoms with Crippen LogP contribution in [0.1, 0.15) is 10.4 Å². The zero-order valence-corrected chi connectivity index (χ0v) is 18.7. The van der Waals surface area contributed by atoms with E-state index < -0.39 is 0 Å². The van der Waals surface area contributed by atoms with Gasteiger partial charge in [0.25, 0.3) is 0 Å². The molecule has 2 N–H and O–H groups in total. The number of hydrogen-bond acceptors (Lipinski definition) is 8. The number of thiophene rings is 1. The van der Waals surface area contributed by atoms with Crippen LogP contribution in [-0.2, 0) is 17.8 Å². The fraction of sp³-hybridized carbons (Fsp3) is 0.318. The summed E-state index contributed by atoms with van der Waals surface area (Å²) in [6.07, 6.45) is 2.80. The molecule has 0 saturated heterocycles. The average Bonchev–Trinajstić information content (AvgIpc) is 3.22. The molecule has 1 aromatic carbocycles. The normalized spacial score (nSPS) is 13.1. The van der Waals surface area contributed by atoms with Gasteiger partial charge in [0.1, 0.15) is 11.6 Å². The Hall–Kier alpha value is -3.17. The molecule has 162 valence electrons. The van der Waals surface area contributed by atoms with Crippen LogP contribution in [0.2, 0.25) is 0 Å². The zero-order valence-electron chi connectivity index (χ0n) is 17.9. The van der Waals surface area contributed by atoms with Crippen LogP contribution >= 0.6 is 11.3 Å². The molecule has 3 aromatic rings. The third-order valence-corrected chi connectivity index (χ3v) is 5.99. The van der Waals surface area contributed by atoms with Crippen molar-refractivity contribution >= 4 is 40.4 Å². The van der Waals surface area contributed by atoms with E-state index >= 15 is 0 Å². The number of methoxy groups -OCH3 is 1. The molecular weight excluding hydrogens is 412 g/mol. The lowest BCUT2D eigenvalue weighted by Crippen LogP contribution is -2.30. The monoisotopic (exact) mass is 438 g/mol. The van der Waals surface area contributed by atoms with Crippen molar-refractivity contribution < 1.29 is 9.53 Å². The number of aromatic nitrogens is 2. The van der Waals surface area contributed by atoms with Gasteiger partial charge in [0.15, 0.2) is 0 Å². The number of rotatable bonds is 7. The second kappa shape index (κ2) is 9.32. The molecule has 0 atom stereocenters. The van der Waals surface area contributed by atoms with E-state index in [-0.39, 0.29) is 5.91 Å². The molecule has 2 aromatic heterocycles. The molecule has 1 amide bonds. The predicted molar refractivity (Wildman–Crippen MR) is 125 cm³/mol. The Morgan fingerprint density at radius 2 is 2.16 bits per heavy atom. The minimum atomic E-state index is -0.0842. The highest BCUT2D eigenvalue weighted by Gasteiger charge is 2.19. The number of carbonyl (C=O) groups is 1. The summed E-state index contributed by atoms with van der Waals surface area (Å²) >= 11 is 1.82. The quantitative estimate of drug-likeness (QED) is 0.585. The van der Waals surface area contributed by atoms with Crippen molar-refractivity contribution in [2.75, 3.05) is 49.8 Å². The topological polar surface area (TPSA) is 82.6 Å². The lowest BCUT2D eigenvalue weighted by molar-refractivity contribution is -0.116. The van der Waals surface area contributed by atoms with Crippen LogP contribution in [0.15, 0.2) is 41.9 Å². The number of fused-ring (bicyclic) bond motifs is 1. The van der Waals surface area contributed by atoms with Crippen molar-refractivity contribution in [2.45, 2.75) is 13.0 Å². The van der Waals surface area contributed by atoms with Crippen LogP contribution in [0, 0.1) is 0 Å². The summed E-state index contributed by atoms with van der Waals surface area (Å²) in [5.74, 6) is 1.90. The standard InChI is InChI=1S/C22H26N6O2S/c1-27(2)14-21(29)24-16-4-5-17(18(12-16)30-3)25-22-23-9-6-20(26-22)28-10-7-19-15(13-28)8-11-31-19/h4-6,8-9,11-12H,7,10,13-14H2,1-3H3,(H,24,29)(H,23,25,26). The highest BCUT2D eigenvalue weighted by molar-refractivity contribution is 7.10. The molecule has 1 aliphatic heterocycles. The van der Waals surface area contributed by atoms with Crippen molar-refractivity contribution in [3.05, 3.63) is 52.3 Å². The minimum Gasteiger partial charge on any atom is -0.494 e. The number of nitrogens with zero attached hydrogens (tertiary/aromatic N) is 4. The van der Waals surface area contributed by atoms with E-state index in [1.807, 2.05) is 48.5 Å². The Morgan fingerprint density at radius 3 is 2.97 bits per heavy atom. The molecule has 0 unspecified atom stereocenters. The van der Waals surface area contributed by atoms with Gasteiger partial charge in [0.05, 0.1) is 19.3 Å². The zero-order chi connectivity index (χ0) is 21.8. The summed E-state index contributed by atoms with van der Waals surface area (Å²) in [4.78, 5) is 26.6. The molecule has 31 heavy (non-hydrogen) atoms. The van der Waals surface area contributed by atoms with E-state index in [4.69, 9.17) is 9.72 Å². The van der Waals surface area contributed by atoms with Gasteiger partial charge in [0.2, 0.25) is 11.9 Å². The summed E-state index contributed by atoms with van der Waals surface area (Å²) in [6, 6.07) is 9.57. The van der Waals surface area contributed by atoms with Gasteiger partial charge in [-0.25, -0.2) is 4.98 Å². The number of ether oxygens (including phenoxy) is 1. The average molecular weight is 439 g/mol. The first kappa shape index (κ1) is 21.1. The molecule has 0 saturated carbocycles. The van der Waals surface area contributed by atoms with Gasteiger partial charge in [0, 0.05) is 35.9 Å². The first-order valence-electron chi connectivity index (χ1n) is 10.0. The van der Waals surface area contributed by atoms with Crippen LogP contribution < -0.4 is 20.3 Å². The van der Waals surface area contributed by atoms with Gasteiger partial charge < -0.3 is 25.2 Å². The van der Waals surface area contributed by atoms with E-state index in [2.05, 4.69) is 32.0 Å². The number of carbonyl (C=O) groups excluding carboxylic acids is 1. The maximum atomic E-state index is 12.0. The maximum Gasteiger partial charge on any atom is 0.238 e. The van der Waals surface area contributed by atoms with Crippen molar-refractivity contribution in [3.8, 4) is 5.75 Å². The number of benzene rings is 1. The molecule has 3 heterocycles. The first-order chi connectivity index (χ1) is 15.0. The molecule has 4 rings (SSSR count). The summed E-state index contributed by atoms with van der Waals surface area (Å²) in [6.45, 7) is 2.11.